The van der Waals surface area contributed by atoms with Gasteiger partial charge in [0.1, 0.15) is 5.82 Å². The van der Waals surface area contributed by atoms with E-state index in [1.807, 2.05) is 31.7 Å². The molecule has 6 heteroatoms. The van der Waals surface area contributed by atoms with E-state index in [9.17, 15) is 9.18 Å². The Balaban J connectivity index is 1.61. The Bertz CT molecular complexity index is 699. The van der Waals surface area contributed by atoms with Gasteiger partial charge in [0.25, 0.3) is 0 Å². The molecule has 148 valence electrons. The van der Waals surface area contributed by atoms with Gasteiger partial charge in [-0.15, -0.1) is 0 Å². The third-order valence-electron chi connectivity index (χ3n) is 5.51. The van der Waals surface area contributed by atoms with Crippen molar-refractivity contribution in [3.8, 4) is 0 Å². The maximum absolute atomic E-state index is 13.6. The highest BCUT2D eigenvalue weighted by Gasteiger charge is 2.44. The van der Waals surface area contributed by atoms with Gasteiger partial charge in [-0.2, -0.15) is 0 Å². The van der Waals surface area contributed by atoms with Crippen molar-refractivity contribution < 1.29 is 9.18 Å². The number of benzene rings is 1. The number of halogens is 1. The number of hydrogen-bond donors (Lipinski definition) is 2. The first-order valence-electron chi connectivity index (χ1n) is 10.0. The zero-order valence-electron chi connectivity index (χ0n) is 16.6. The van der Waals surface area contributed by atoms with Crippen LogP contribution in [0, 0.1) is 11.7 Å². The summed E-state index contributed by atoms with van der Waals surface area (Å²) in [6, 6.07) is 7.11. The van der Waals surface area contributed by atoms with Gasteiger partial charge in [0.15, 0.2) is 5.96 Å². The molecule has 0 spiro atoms. The second-order valence-electron chi connectivity index (χ2n) is 8.05. The highest BCUT2D eigenvalue weighted by molar-refractivity contribution is 5.81. The molecular weight excluding hydrogens is 343 g/mol. The number of amides is 1. The molecule has 1 atom stereocenters. The average molecular weight is 375 g/mol. The van der Waals surface area contributed by atoms with Gasteiger partial charge in [-0.05, 0) is 43.9 Å². The minimum atomic E-state index is -0.186. The monoisotopic (exact) mass is 374 g/mol. The average Bonchev–Trinajstić information content (AvgIpc) is 3.30. The largest absolute Gasteiger partial charge is 0.357 e. The van der Waals surface area contributed by atoms with E-state index in [1.54, 1.807) is 12.1 Å². The van der Waals surface area contributed by atoms with Crippen molar-refractivity contribution in [2.75, 3.05) is 26.2 Å². The van der Waals surface area contributed by atoms with Gasteiger partial charge in [-0.1, -0.05) is 26.0 Å². The molecule has 1 aromatic rings. The summed E-state index contributed by atoms with van der Waals surface area (Å²) in [7, 11) is 0. The number of rotatable bonds is 6. The summed E-state index contributed by atoms with van der Waals surface area (Å²) < 4.78 is 13.6. The van der Waals surface area contributed by atoms with Gasteiger partial charge in [-0.3, -0.25) is 9.79 Å². The standard InChI is InChI=1S/C21H31FN4O/c1-4-23-20(25-18-8-11-26(13-18)19(27)15(2)3)24-14-21(9-10-21)16-6-5-7-17(22)12-16/h5-7,12,15,18H,4,8-11,13-14H2,1-3H3,(H2,23,24,25). The maximum atomic E-state index is 13.6. The van der Waals surface area contributed by atoms with Crippen molar-refractivity contribution in [3.63, 3.8) is 0 Å². The molecule has 1 aliphatic carbocycles. The lowest BCUT2D eigenvalue weighted by molar-refractivity contribution is -0.133. The number of hydrogen-bond acceptors (Lipinski definition) is 2. The molecule has 1 aromatic carbocycles. The van der Waals surface area contributed by atoms with Gasteiger partial charge in [0, 0.05) is 37.0 Å². The molecule has 1 aliphatic heterocycles. The van der Waals surface area contributed by atoms with Crippen LogP contribution in [0.5, 0.6) is 0 Å². The van der Waals surface area contributed by atoms with Crippen molar-refractivity contribution in [1.82, 2.24) is 15.5 Å². The molecule has 27 heavy (non-hydrogen) atoms. The third kappa shape index (κ3) is 4.79. The molecule has 2 aliphatic rings. The van der Waals surface area contributed by atoms with Gasteiger partial charge in [0.05, 0.1) is 6.54 Å². The normalized spacial score (nSPS) is 21.4. The zero-order valence-corrected chi connectivity index (χ0v) is 16.6. The first-order valence-corrected chi connectivity index (χ1v) is 10.0. The van der Waals surface area contributed by atoms with Gasteiger partial charge >= 0.3 is 0 Å². The summed E-state index contributed by atoms with van der Waals surface area (Å²) in [6.07, 6.45) is 3.01. The van der Waals surface area contributed by atoms with Crippen LogP contribution in [-0.4, -0.2) is 49.0 Å². The molecule has 0 bridgehead atoms. The Morgan fingerprint density at radius 3 is 2.81 bits per heavy atom. The Kier molecular flexibility index (Phi) is 6.02. The Morgan fingerprint density at radius 1 is 1.41 bits per heavy atom. The van der Waals surface area contributed by atoms with Crippen molar-refractivity contribution in [2.45, 2.75) is 51.5 Å². The van der Waals surface area contributed by atoms with Crippen molar-refractivity contribution in [1.29, 1.82) is 0 Å². The highest BCUT2D eigenvalue weighted by Crippen LogP contribution is 2.48. The van der Waals surface area contributed by atoms with Crippen LogP contribution < -0.4 is 10.6 Å². The zero-order chi connectivity index (χ0) is 19.4. The SMILES string of the molecule is CCNC(=NCC1(c2cccc(F)c2)CC1)NC1CCN(C(=O)C(C)C)C1. The summed E-state index contributed by atoms with van der Waals surface area (Å²) >= 11 is 0. The van der Waals surface area contributed by atoms with E-state index in [0.29, 0.717) is 6.54 Å². The van der Waals surface area contributed by atoms with Crippen LogP contribution in [0.25, 0.3) is 0 Å². The van der Waals surface area contributed by atoms with Crippen LogP contribution >= 0.6 is 0 Å². The van der Waals surface area contributed by atoms with Crippen LogP contribution in [0.15, 0.2) is 29.3 Å². The predicted octanol–water partition coefficient (Wildman–Crippen LogP) is 2.67. The van der Waals surface area contributed by atoms with Gasteiger partial charge in [-0.25, -0.2) is 4.39 Å². The molecule has 1 saturated heterocycles. The second-order valence-corrected chi connectivity index (χ2v) is 8.05. The number of nitrogens with one attached hydrogen (secondary N) is 2. The van der Waals surface area contributed by atoms with E-state index in [4.69, 9.17) is 4.99 Å². The van der Waals surface area contributed by atoms with E-state index in [0.717, 1.165) is 50.4 Å². The molecule has 1 unspecified atom stereocenters. The Morgan fingerprint density at radius 2 is 2.19 bits per heavy atom. The molecule has 3 rings (SSSR count). The van der Waals surface area contributed by atoms with Crippen molar-refractivity contribution in [3.05, 3.63) is 35.6 Å². The van der Waals surface area contributed by atoms with E-state index in [-0.39, 0.29) is 29.1 Å². The van der Waals surface area contributed by atoms with E-state index in [1.165, 1.54) is 6.07 Å². The molecule has 0 aromatic heterocycles. The van der Waals surface area contributed by atoms with Crippen LogP contribution in [0.4, 0.5) is 4.39 Å². The Labute approximate surface area is 161 Å². The smallest absolute Gasteiger partial charge is 0.225 e. The fraction of sp³-hybridized carbons (Fsp3) is 0.619. The second kappa shape index (κ2) is 8.28. The fourth-order valence-electron chi connectivity index (χ4n) is 3.69. The number of carbonyl (C=O) groups excluding carboxylic acids is 1. The molecule has 1 heterocycles. The van der Waals surface area contributed by atoms with Crippen LogP contribution in [0.1, 0.15) is 45.6 Å². The topological polar surface area (TPSA) is 56.7 Å². The summed E-state index contributed by atoms with van der Waals surface area (Å²) in [6.45, 7) is 8.86. The van der Waals surface area contributed by atoms with Gasteiger partial charge < -0.3 is 15.5 Å². The molecule has 1 saturated carbocycles. The molecular formula is C21H31FN4O. The van der Waals surface area contributed by atoms with Gasteiger partial charge in [0.2, 0.25) is 5.91 Å². The number of nitrogens with zero attached hydrogens (tertiary/aromatic N) is 2. The minimum absolute atomic E-state index is 0.0280. The molecule has 0 radical (unpaired) electrons. The van der Waals surface area contributed by atoms with Crippen molar-refractivity contribution in [2.24, 2.45) is 10.9 Å². The highest BCUT2D eigenvalue weighted by atomic mass is 19.1. The number of guanidine groups is 1. The van der Waals surface area contributed by atoms with Crippen molar-refractivity contribution >= 4 is 11.9 Å². The summed E-state index contributed by atoms with van der Waals surface area (Å²) in [5.41, 5.74) is 1.01. The lowest BCUT2D eigenvalue weighted by atomic mass is 9.96. The lowest BCUT2D eigenvalue weighted by Gasteiger charge is -2.21. The fourth-order valence-corrected chi connectivity index (χ4v) is 3.69. The van der Waals surface area contributed by atoms with E-state index >= 15 is 0 Å². The number of carbonyl (C=O) groups is 1. The molecule has 2 N–H and O–H groups in total. The van der Waals surface area contributed by atoms with Crippen LogP contribution in [0.2, 0.25) is 0 Å². The summed E-state index contributed by atoms with van der Waals surface area (Å²) in [5.74, 6) is 0.841. The first-order chi connectivity index (χ1) is 12.9. The minimum Gasteiger partial charge on any atom is -0.357 e. The number of likely N-dealkylation sites (tertiary alicyclic amines) is 1. The van der Waals surface area contributed by atoms with Crippen LogP contribution in [0.3, 0.4) is 0 Å². The third-order valence-corrected chi connectivity index (χ3v) is 5.51. The molecule has 5 nitrogen and oxygen atoms in total. The molecule has 1 amide bonds. The summed E-state index contributed by atoms with van der Waals surface area (Å²) in [5, 5.41) is 6.78. The number of aliphatic imine (C=N–C) groups is 1. The van der Waals surface area contributed by atoms with E-state index in [2.05, 4.69) is 10.6 Å². The maximum Gasteiger partial charge on any atom is 0.225 e. The lowest BCUT2D eigenvalue weighted by Crippen LogP contribution is -2.45. The molecule has 2 fully saturated rings. The first kappa shape index (κ1) is 19.6. The quantitative estimate of drug-likeness (QED) is 0.595. The summed E-state index contributed by atoms with van der Waals surface area (Å²) in [4.78, 5) is 18.9. The van der Waals surface area contributed by atoms with Crippen LogP contribution in [-0.2, 0) is 10.2 Å². The predicted molar refractivity (Wildman–Crippen MR) is 106 cm³/mol. The van der Waals surface area contributed by atoms with E-state index < -0.39 is 0 Å². The Hall–Kier alpha value is -2.11.